The first-order valence-corrected chi connectivity index (χ1v) is 10.6. The van der Waals surface area contributed by atoms with Crippen molar-refractivity contribution in [3.63, 3.8) is 0 Å². The highest BCUT2D eigenvalue weighted by atomic mass is 16.6. The van der Waals surface area contributed by atoms with Gasteiger partial charge in [-0.2, -0.15) is 0 Å². The van der Waals surface area contributed by atoms with E-state index in [9.17, 15) is 14.9 Å². The number of benzene rings is 3. The first-order valence-electron chi connectivity index (χ1n) is 10.6. The third-order valence-electron chi connectivity index (χ3n) is 6.06. The Morgan fingerprint density at radius 3 is 2.39 bits per heavy atom. The van der Waals surface area contributed by atoms with E-state index in [1.165, 1.54) is 6.07 Å². The van der Waals surface area contributed by atoms with Crippen molar-refractivity contribution in [1.29, 1.82) is 0 Å². The van der Waals surface area contributed by atoms with Crippen molar-refractivity contribution in [3.05, 3.63) is 64.2 Å². The molecule has 1 aromatic heterocycles. The maximum atomic E-state index is 13.1. The molecule has 5 rings (SSSR count). The Bertz CT molecular complexity index is 1370. The summed E-state index contributed by atoms with van der Waals surface area (Å²) in [6.07, 6.45) is 0. The second kappa shape index (κ2) is 8.05. The van der Waals surface area contributed by atoms with Gasteiger partial charge in [0.25, 0.3) is 5.91 Å². The quantitative estimate of drug-likeness (QED) is 0.347. The molecule has 0 atom stereocenters. The molecule has 0 aliphatic carbocycles. The van der Waals surface area contributed by atoms with Gasteiger partial charge in [0.15, 0.2) is 5.52 Å². The molecule has 2 heterocycles. The number of carbonyl (C=O) groups excluding carboxylic acids is 1. The van der Waals surface area contributed by atoms with Crippen LogP contribution in [-0.4, -0.2) is 66.3 Å². The fourth-order valence-electron chi connectivity index (χ4n) is 4.22. The number of rotatable bonds is 4. The van der Waals surface area contributed by atoms with E-state index in [0.29, 0.717) is 42.9 Å². The molecule has 33 heavy (non-hydrogen) atoms. The lowest BCUT2D eigenvalue weighted by Crippen LogP contribution is -2.48. The lowest BCUT2D eigenvalue weighted by molar-refractivity contribution is -0.383. The van der Waals surface area contributed by atoms with Crippen molar-refractivity contribution >= 4 is 44.8 Å². The van der Waals surface area contributed by atoms with E-state index < -0.39 is 4.92 Å². The number of nitro benzene ring substituents is 1. The van der Waals surface area contributed by atoms with Crippen LogP contribution < -0.4 is 9.80 Å². The molecular weight excluding hydrogens is 424 g/mol. The number of hydrogen-bond donors (Lipinski definition) is 0. The van der Waals surface area contributed by atoms with E-state index >= 15 is 0 Å². The lowest BCUT2D eigenvalue weighted by Gasteiger charge is -2.36. The van der Waals surface area contributed by atoms with Gasteiger partial charge in [0.05, 0.1) is 10.6 Å². The molecule has 10 heteroatoms. The summed E-state index contributed by atoms with van der Waals surface area (Å²) in [7, 11) is 4.00. The molecule has 3 aromatic carbocycles. The van der Waals surface area contributed by atoms with Crippen LogP contribution in [0.1, 0.15) is 10.4 Å². The minimum atomic E-state index is -0.502. The van der Waals surface area contributed by atoms with Crippen molar-refractivity contribution in [2.24, 2.45) is 0 Å². The third-order valence-corrected chi connectivity index (χ3v) is 6.06. The molecule has 10 nitrogen and oxygen atoms in total. The first kappa shape index (κ1) is 20.7. The number of hydrogen-bond acceptors (Lipinski definition) is 8. The van der Waals surface area contributed by atoms with Crippen molar-refractivity contribution in [3.8, 4) is 0 Å². The van der Waals surface area contributed by atoms with Gasteiger partial charge in [-0.15, -0.1) is 0 Å². The zero-order valence-corrected chi connectivity index (χ0v) is 18.3. The molecule has 0 N–H and O–H groups in total. The molecule has 1 aliphatic rings. The summed E-state index contributed by atoms with van der Waals surface area (Å²) in [6, 6.07) is 15.0. The normalized spacial score (nSPS) is 14.1. The van der Waals surface area contributed by atoms with Crippen LogP contribution in [0.4, 0.5) is 17.1 Å². The van der Waals surface area contributed by atoms with Crippen LogP contribution in [0.2, 0.25) is 0 Å². The number of piperazine rings is 1. The maximum absolute atomic E-state index is 13.1. The maximum Gasteiger partial charge on any atom is 0.300 e. The second-order valence-electron chi connectivity index (χ2n) is 8.24. The zero-order chi connectivity index (χ0) is 23.1. The van der Waals surface area contributed by atoms with Crippen molar-refractivity contribution in [2.45, 2.75) is 0 Å². The van der Waals surface area contributed by atoms with E-state index in [0.717, 1.165) is 16.5 Å². The van der Waals surface area contributed by atoms with Crippen LogP contribution in [0.3, 0.4) is 0 Å². The Morgan fingerprint density at radius 2 is 1.67 bits per heavy atom. The summed E-state index contributed by atoms with van der Waals surface area (Å²) >= 11 is 0. The Labute approximate surface area is 189 Å². The molecule has 0 bridgehead atoms. The molecule has 0 saturated carbocycles. The molecule has 0 radical (unpaired) electrons. The average Bonchev–Trinajstić information content (AvgIpc) is 3.32. The molecule has 0 unspecified atom stereocenters. The number of nitrogens with zero attached hydrogens (tertiary/aromatic N) is 6. The van der Waals surface area contributed by atoms with E-state index in [1.807, 2.05) is 59.1 Å². The summed E-state index contributed by atoms with van der Waals surface area (Å²) in [6.45, 7) is 2.21. The minimum absolute atomic E-state index is 0.00909. The van der Waals surface area contributed by atoms with E-state index in [4.69, 9.17) is 4.63 Å². The van der Waals surface area contributed by atoms with E-state index in [-0.39, 0.29) is 17.1 Å². The zero-order valence-electron chi connectivity index (χ0n) is 18.3. The van der Waals surface area contributed by atoms with Gasteiger partial charge in [-0.05, 0) is 51.4 Å². The Hall–Kier alpha value is -4.21. The molecule has 4 aromatic rings. The summed E-state index contributed by atoms with van der Waals surface area (Å²) in [5, 5.41) is 20.9. The van der Waals surface area contributed by atoms with Crippen LogP contribution >= 0.6 is 0 Å². The minimum Gasteiger partial charge on any atom is -0.378 e. The van der Waals surface area contributed by atoms with Crippen molar-refractivity contribution in [2.75, 3.05) is 50.1 Å². The molecule has 1 saturated heterocycles. The molecule has 1 aliphatic heterocycles. The SMILES string of the molecule is CN(C)c1ccc2cc(C(=O)N3CCN(c4ccc([N+](=O)[O-])c5nonc45)CC3)ccc2c1. The van der Waals surface area contributed by atoms with Gasteiger partial charge in [-0.1, -0.05) is 12.1 Å². The van der Waals surface area contributed by atoms with Crippen LogP contribution in [0.25, 0.3) is 21.8 Å². The van der Waals surface area contributed by atoms with Crippen LogP contribution in [0.5, 0.6) is 0 Å². The summed E-state index contributed by atoms with van der Waals surface area (Å²) < 4.78 is 4.76. The summed E-state index contributed by atoms with van der Waals surface area (Å²) in [5.74, 6) is -0.00909. The van der Waals surface area contributed by atoms with Crippen molar-refractivity contribution in [1.82, 2.24) is 15.2 Å². The Morgan fingerprint density at radius 1 is 0.970 bits per heavy atom. The number of fused-ring (bicyclic) bond motifs is 2. The van der Waals surface area contributed by atoms with Crippen LogP contribution in [0.15, 0.2) is 53.2 Å². The topological polar surface area (TPSA) is 109 Å². The standard InChI is InChI=1S/C23H22N6O4/c1-26(2)18-6-5-15-13-17(4-3-16(15)14-18)23(30)28-11-9-27(10-12-28)19-7-8-20(29(31)32)22-21(19)24-33-25-22/h3-8,13-14H,9-12H2,1-2H3. The molecular formula is C23H22N6O4. The summed E-state index contributed by atoms with van der Waals surface area (Å²) in [5.41, 5.74) is 2.83. The number of aromatic nitrogens is 2. The molecule has 168 valence electrons. The van der Waals surface area contributed by atoms with E-state index in [1.54, 1.807) is 6.07 Å². The van der Waals surface area contributed by atoms with Crippen LogP contribution in [0, 0.1) is 10.1 Å². The molecule has 1 fully saturated rings. The highest BCUT2D eigenvalue weighted by Crippen LogP contribution is 2.32. The Kier molecular flexibility index (Phi) is 5.04. The van der Waals surface area contributed by atoms with Crippen molar-refractivity contribution < 1.29 is 14.3 Å². The fourth-order valence-corrected chi connectivity index (χ4v) is 4.22. The van der Waals surface area contributed by atoms with Gasteiger partial charge in [-0.25, -0.2) is 4.63 Å². The molecule has 1 amide bonds. The van der Waals surface area contributed by atoms with Gasteiger partial charge in [0.1, 0.15) is 0 Å². The predicted molar refractivity (Wildman–Crippen MR) is 125 cm³/mol. The number of nitro groups is 1. The predicted octanol–water partition coefficient (Wildman–Crippen LogP) is 3.31. The number of carbonyl (C=O) groups is 1. The number of anilines is 2. The third kappa shape index (κ3) is 3.69. The number of non-ortho nitro benzene ring substituents is 1. The average molecular weight is 446 g/mol. The molecule has 0 spiro atoms. The second-order valence-corrected chi connectivity index (χ2v) is 8.24. The highest BCUT2D eigenvalue weighted by molar-refractivity contribution is 5.99. The summed E-state index contributed by atoms with van der Waals surface area (Å²) in [4.78, 5) is 29.8. The van der Waals surface area contributed by atoms with Gasteiger partial charge in [-0.3, -0.25) is 14.9 Å². The first-order chi connectivity index (χ1) is 15.9. The monoisotopic (exact) mass is 446 g/mol. The van der Waals surface area contributed by atoms with Gasteiger partial charge >= 0.3 is 5.69 Å². The number of amides is 1. The highest BCUT2D eigenvalue weighted by Gasteiger charge is 2.27. The fraction of sp³-hybridized carbons (Fsp3) is 0.261. The van der Waals surface area contributed by atoms with Crippen LogP contribution in [-0.2, 0) is 0 Å². The largest absolute Gasteiger partial charge is 0.378 e. The van der Waals surface area contributed by atoms with Gasteiger partial charge in [0.2, 0.25) is 5.52 Å². The Balaban J connectivity index is 1.32. The van der Waals surface area contributed by atoms with Gasteiger partial charge < -0.3 is 14.7 Å². The lowest BCUT2D eigenvalue weighted by atomic mass is 10.0. The van der Waals surface area contributed by atoms with E-state index in [2.05, 4.69) is 16.4 Å². The van der Waals surface area contributed by atoms with Gasteiger partial charge in [0, 0.05) is 57.6 Å². The smallest absolute Gasteiger partial charge is 0.300 e.